The van der Waals surface area contributed by atoms with Crippen molar-refractivity contribution in [2.24, 2.45) is 0 Å². The summed E-state index contributed by atoms with van der Waals surface area (Å²) in [5, 5.41) is 0.358. The highest BCUT2D eigenvalue weighted by molar-refractivity contribution is 6.31. The third-order valence-corrected chi connectivity index (χ3v) is 4.92. The van der Waals surface area contributed by atoms with Crippen LogP contribution in [-0.2, 0) is 11.3 Å². The van der Waals surface area contributed by atoms with Crippen LogP contribution >= 0.6 is 11.6 Å². The van der Waals surface area contributed by atoms with Crippen molar-refractivity contribution >= 4 is 17.5 Å². The molecule has 0 aliphatic heterocycles. The summed E-state index contributed by atoms with van der Waals surface area (Å²) >= 11 is 6.11. The number of nitrogens with zero attached hydrogens (tertiary/aromatic N) is 1. The maximum Gasteiger partial charge on any atom is 0.223 e. The van der Waals surface area contributed by atoms with Gasteiger partial charge in [-0.1, -0.05) is 17.7 Å². The number of halogens is 2. The second-order valence-electron chi connectivity index (χ2n) is 6.58. The number of carbonyl (C=O) groups is 1. The zero-order valence-corrected chi connectivity index (χ0v) is 16.0. The minimum absolute atomic E-state index is 0.00940. The molecule has 6 heteroatoms. The lowest BCUT2D eigenvalue weighted by Gasteiger charge is -2.23. The van der Waals surface area contributed by atoms with E-state index in [9.17, 15) is 9.18 Å². The van der Waals surface area contributed by atoms with Crippen molar-refractivity contribution in [3.05, 3.63) is 58.9 Å². The Morgan fingerprint density at radius 2 is 1.89 bits per heavy atom. The highest BCUT2D eigenvalue weighted by Gasteiger charge is 2.33. The lowest BCUT2D eigenvalue weighted by molar-refractivity contribution is -0.132. The van der Waals surface area contributed by atoms with Crippen molar-refractivity contribution in [2.75, 3.05) is 13.7 Å². The Morgan fingerprint density at radius 3 is 2.52 bits per heavy atom. The number of methoxy groups -OCH3 is 1. The summed E-state index contributed by atoms with van der Waals surface area (Å²) in [7, 11) is 1.61. The number of amides is 1. The Morgan fingerprint density at radius 1 is 1.19 bits per heavy atom. The Kier molecular flexibility index (Phi) is 6.56. The molecule has 0 radical (unpaired) electrons. The number of hydrogen-bond acceptors (Lipinski definition) is 3. The monoisotopic (exact) mass is 391 g/mol. The predicted molar refractivity (Wildman–Crippen MR) is 103 cm³/mol. The molecule has 2 aromatic rings. The van der Waals surface area contributed by atoms with Crippen LogP contribution < -0.4 is 9.47 Å². The average Bonchev–Trinajstić information content (AvgIpc) is 3.50. The van der Waals surface area contributed by atoms with Crippen LogP contribution in [0, 0.1) is 5.82 Å². The van der Waals surface area contributed by atoms with Gasteiger partial charge in [-0.25, -0.2) is 4.39 Å². The summed E-state index contributed by atoms with van der Waals surface area (Å²) in [4.78, 5) is 14.4. The fourth-order valence-electron chi connectivity index (χ4n) is 2.89. The number of hydrogen-bond donors (Lipinski definition) is 0. The first-order chi connectivity index (χ1) is 13.1. The third kappa shape index (κ3) is 5.36. The van der Waals surface area contributed by atoms with E-state index in [0.717, 1.165) is 24.3 Å². The van der Waals surface area contributed by atoms with Crippen molar-refractivity contribution in [3.63, 3.8) is 0 Å². The van der Waals surface area contributed by atoms with Gasteiger partial charge >= 0.3 is 0 Å². The van der Waals surface area contributed by atoms with E-state index < -0.39 is 0 Å². The molecule has 1 aliphatic carbocycles. The molecule has 0 spiro atoms. The van der Waals surface area contributed by atoms with Crippen molar-refractivity contribution in [2.45, 2.75) is 38.3 Å². The van der Waals surface area contributed by atoms with Crippen molar-refractivity contribution in [3.8, 4) is 11.5 Å². The highest BCUT2D eigenvalue weighted by atomic mass is 35.5. The van der Waals surface area contributed by atoms with Crippen LogP contribution in [0.25, 0.3) is 0 Å². The number of rotatable bonds is 9. The van der Waals surface area contributed by atoms with Gasteiger partial charge in [0.05, 0.1) is 20.3 Å². The molecule has 0 unspecified atom stereocenters. The second kappa shape index (κ2) is 9.09. The van der Waals surface area contributed by atoms with E-state index in [1.54, 1.807) is 24.1 Å². The van der Waals surface area contributed by atoms with Crippen LogP contribution in [0.1, 0.15) is 31.2 Å². The molecule has 1 saturated carbocycles. The molecule has 144 valence electrons. The first kappa shape index (κ1) is 19.5. The van der Waals surface area contributed by atoms with E-state index in [1.807, 2.05) is 24.3 Å². The van der Waals surface area contributed by atoms with Crippen LogP contribution in [0.15, 0.2) is 42.5 Å². The first-order valence-electron chi connectivity index (χ1n) is 9.07. The van der Waals surface area contributed by atoms with E-state index >= 15 is 0 Å². The molecule has 0 atom stereocenters. The topological polar surface area (TPSA) is 38.8 Å². The molecule has 4 nitrogen and oxygen atoms in total. The molecule has 3 rings (SSSR count). The molecule has 1 amide bonds. The Balaban J connectivity index is 1.50. The van der Waals surface area contributed by atoms with E-state index in [0.29, 0.717) is 30.0 Å². The zero-order valence-electron chi connectivity index (χ0n) is 15.3. The molecule has 0 bridgehead atoms. The van der Waals surface area contributed by atoms with Crippen LogP contribution in [-0.4, -0.2) is 30.6 Å². The Hall–Kier alpha value is -2.27. The molecule has 0 heterocycles. The zero-order chi connectivity index (χ0) is 19.2. The minimum atomic E-state index is -0.371. The van der Waals surface area contributed by atoms with Gasteiger partial charge in [-0.15, -0.1) is 0 Å². The van der Waals surface area contributed by atoms with Gasteiger partial charge < -0.3 is 14.4 Å². The maximum absolute atomic E-state index is 14.1. The van der Waals surface area contributed by atoms with Gasteiger partial charge in [0, 0.05) is 23.0 Å². The molecule has 0 saturated heterocycles. The molecule has 0 N–H and O–H groups in total. The minimum Gasteiger partial charge on any atom is -0.497 e. The van der Waals surface area contributed by atoms with Gasteiger partial charge in [-0.05, 0) is 55.7 Å². The standard InChI is InChI=1S/C21H23ClFNO3/c1-26-16-9-11-17(12-10-16)27-13-3-6-21(25)24(15-7-8-15)14-18-19(22)4-2-5-20(18)23/h2,4-5,9-12,15H,3,6-8,13-14H2,1H3. The van der Waals surface area contributed by atoms with E-state index in [4.69, 9.17) is 21.1 Å². The lowest BCUT2D eigenvalue weighted by Crippen LogP contribution is -2.33. The number of benzene rings is 2. The summed E-state index contributed by atoms with van der Waals surface area (Å²) in [5.74, 6) is 1.14. The fourth-order valence-corrected chi connectivity index (χ4v) is 3.11. The summed E-state index contributed by atoms with van der Waals surface area (Å²) < 4.78 is 24.8. The van der Waals surface area contributed by atoms with E-state index in [1.165, 1.54) is 6.07 Å². The summed E-state index contributed by atoms with van der Waals surface area (Å²) in [6.07, 6.45) is 2.87. The SMILES string of the molecule is COc1ccc(OCCCC(=O)N(Cc2c(F)cccc2Cl)C2CC2)cc1. The van der Waals surface area contributed by atoms with Crippen molar-refractivity contribution in [1.29, 1.82) is 0 Å². The maximum atomic E-state index is 14.1. The largest absolute Gasteiger partial charge is 0.497 e. The van der Waals surface area contributed by atoms with Gasteiger partial charge in [-0.3, -0.25) is 4.79 Å². The third-order valence-electron chi connectivity index (χ3n) is 4.56. The highest BCUT2D eigenvalue weighted by Crippen LogP contribution is 2.31. The number of carbonyl (C=O) groups excluding carboxylic acids is 1. The van der Waals surface area contributed by atoms with Crippen LogP contribution in [0.3, 0.4) is 0 Å². The van der Waals surface area contributed by atoms with Gasteiger partial charge in [0.2, 0.25) is 5.91 Å². The molecular formula is C21H23ClFNO3. The van der Waals surface area contributed by atoms with Crippen LogP contribution in [0.4, 0.5) is 4.39 Å². The van der Waals surface area contributed by atoms with Crippen molar-refractivity contribution in [1.82, 2.24) is 4.90 Å². The Labute approximate surface area is 163 Å². The average molecular weight is 392 g/mol. The normalized spacial score (nSPS) is 13.3. The molecule has 1 fully saturated rings. The Bertz CT molecular complexity index is 757. The summed E-state index contributed by atoms with van der Waals surface area (Å²) in [6, 6.07) is 12.1. The quantitative estimate of drug-likeness (QED) is 0.574. The summed E-state index contributed by atoms with van der Waals surface area (Å²) in [5.41, 5.74) is 0.383. The molecule has 0 aromatic heterocycles. The fraction of sp³-hybridized carbons (Fsp3) is 0.381. The van der Waals surface area contributed by atoms with Gasteiger partial charge in [-0.2, -0.15) is 0 Å². The van der Waals surface area contributed by atoms with Crippen molar-refractivity contribution < 1.29 is 18.7 Å². The summed E-state index contributed by atoms with van der Waals surface area (Å²) in [6.45, 7) is 0.658. The van der Waals surface area contributed by atoms with Gasteiger partial charge in [0.15, 0.2) is 0 Å². The second-order valence-corrected chi connectivity index (χ2v) is 6.99. The van der Waals surface area contributed by atoms with Gasteiger partial charge in [0.1, 0.15) is 17.3 Å². The number of ether oxygens (including phenoxy) is 2. The first-order valence-corrected chi connectivity index (χ1v) is 9.45. The lowest BCUT2D eigenvalue weighted by atomic mass is 10.1. The molecule has 1 aliphatic rings. The predicted octanol–water partition coefficient (Wildman–Crippen LogP) is 4.84. The van der Waals surface area contributed by atoms with Crippen LogP contribution in [0.5, 0.6) is 11.5 Å². The van der Waals surface area contributed by atoms with E-state index in [2.05, 4.69) is 0 Å². The van der Waals surface area contributed by atoms with E-state index in [-0.39, 0.29) is 24.3 Å². The molecule has 27 heavy (non-hydrogen) atoms. The smallest absolute Gasteiger partial charge is 0.223 e. The molecule has 2 aromatic carbocycles. The molecular weight excluding hydrogens is 369 g/mol. The van der Waals surface area contributed by atoms with Crippen LogP contribution in [0.2, 0.25) is 5.02 Å². The van der Waals surface area contributed by atoms with Gasteiger partial charge in [0.25, 0.3) is 0 Å².